The Labute approximate surface area is 58.0 Å². The molecule has 4 atom stereocenters. The summed E-state index contributed by atoms with van der Waals surface area (Å²) in [6, 6.07) is 0. The lowest BCUT2D eigenvalue weighted by Gasteiger charge is -2.09. The van der Waals surface area contributed by atoms with Gasteiger partial charge in [0.05, 0.1) is 6.61 Å². The zero-order chi connectivity index (χ0) is 7.72. The van der Waals surface area contributed by atoms with Crippen molar-refractivity contribution in [3.8, 4) is 0 Å². The molecule has 1 aliphatic heterocycles. The molecule has 0 bridgehead atoms. The lowest BCUT2D eigenvalue weighted by Crippen LogP contribution is -2.37. The van der Waals surface area contributed by atoms with Crippen LogP contribution in [-0.4, -0.2) is 46.5 Å². The van der Waals surface area contributed by atoms with Crippen molar-refractivity contribution >= 4 is 0 Å². The van der Waals surface area contributed by atoms with Crippen molar-refractivity contribution in [3.05, 3.63) is 0 Å². The first-order valence-electron chi connectivity index (χ1n) is 3.05. The van der Waals surface area contributed by atoms with E-state index in [9.17, 15) is 0 Å². The molecule has 1 saturated heterocycles. The minimum absolute atomic E-state index is 0.327. The van der Waals surface area contributed by atoms with Crippen LogP contribution < -0.4 is 5.73 Å². The molecule has 60 valence electrons. The first-order chi connectivity index (χ1) is 4.66. The van der Waals surface area contributed by atoms with Crippen LogP contribution in [0.2, 0.25) is 0 Å². The minimum Gasteiger partial charge on any atom is -0.394 e. The highest BCUT2D eigenvalue weighted by Crippen LogP contribution is 2.16. The molecular weight excluding hydrogens is 138 g/mol. The third-order valence-electron chi connectivity index (χ3n) is 1.58. The summed E-state index contributed by atoms with van der Waals surface area (Å²) in [5, 5.41) is 26.5. The van der Waals surface area contributed by atoms with Crippen LogP contribution in [0.15, 0.2) is 0 Å². The van der Waals surface area contributed by atoms with E-state index in [0.717, 1.165) is 0 Å². The van der Waals surface area contributed by atoms with Gasteiger partial charge in [-0.2, -0.15) is 0 Å². The van der Waals surface area contributed by atoms with Crippen LogP contribution in [0.5, 0.6) is 0 Å². The van der Waals surface area contributed by atoms with Gasteiger partial charge in [-0.3, -0.25) is 0 Å². The van der Waals surface area contributed by atoms with Crippen molar-refractivity contribution in [1.82, 2.24) is 0 Å². The van der Waals surface area contributed by atoms with E-state index in [1.54, 1.807) is 0 Å². The van der Waals surface area contributed by atoms with Gasteiger partial charge < -0.3 is 25.8 Å². The second kappa shape index (κ2) is 2.81. The molecule has 0 radical (unpaired) electrons. The molecular formula is C5H11NO4. The highest BCUT2D eigenvalue weighted by molar-refractivity contribution is 4.86. The Morgan fingerprint density at radius 1 is 1.30 bits per heavy atom. The first-order valence-corrected chi connectivity index (χ1v) is 3.05. The summed E-state index contributed by atoms with van der Waals surface area (Å²) >= 11 is 0. The summed E-state index contributed by atoms with van der Waals surface area (Å²) in [6.45, 7) is -0.327. The summed E-state index contributed by atoms with van der Waals surface area (Å²) in [5.41, 5.74) is 5.19. The first kappa shape index (κ1) is 7.90. The van der Waals surface area contributed by atoms with E-state index in [-0.39, 0.29) is 6.61 Å². The maximum atomic E-state index is 9.01. The fourth-order valence-corrected chi connectivity index (χ4v) is 0.928. The molecule has 1 rings (SSSR count). The molecule has 0 aromatic heterocycles. The maximum absolute atomic E-state index is 9.01. The van der Waals surface area contributed by atoms with Gasteiger partial charge in [0.25, 0.3) is 0 Å². The monoisotopic (exact) mass is 149 g/mol. The van der Waals surface area contributed by atoms with Crippen molar-refractivity contribution in [1.29, 1.82) is 0 Å². The molecule has 0 aliphatic carbocycles. The van der Waals surface area contributed by atoms with E-state index in [2.05, 4.69) is 0 Å². The molecule has 5 heteroatoms. The Kier molecular flexibility index (Phi) is 2.22. The van der Waals surface area contributed by atoms with E-state index < -0.39 is 24.5 Å². The molecule has 0 amide bonds. The highest BCUT2D eigenvalue weighted by atomic mass is 16.6. The molecule has 0 aromatic carbocycles. The van der Waals surface area contributed by atoms with E-state index in [1.807, 2.05) is 0 Å². The Morgan fingerprint density at radius 3 is 2.10 bits per heavy atom. The normalized spacial score (nSPS) is 48.0. The van der Waals surface area contributed by atoms with Crippen molar-refractivity contribution in [3.63, 3.8) is 0 Å². The number of rotatable bonds is 1. The fourth-order valence-electron chi connectivity index (χ4n) is 0.928. The fraction of sp³-hybridized carbons (Fsp3) is 1.00. The van der Waals surface area contributed by atoms with Crippen LogP contribution >= 0.6 is 0 Å². The van der Waals surface area contributed by atoms with Crippen LogP contribution in [0, 0.1) is 0 Å². The van der Waals surface area contributed by atoms with Crippen LogP contribution in [0.25, 0.3) is 0 Å². The quantitative estimate of drug-likeness (QED) is 0.327. The van der Waals surface area contributed by atoms with Crippen LogP contribution in [-0.2, 0) is 4.74 Å². The van der Waals surface area contributed by atoms with Gasteiger partial charge in [-0.1, -0.05) is 0 Å². The second-order valence-electron chi connectivity index (χ2n) is 2.30. The van der Waals surface area contributed by atoms with Gasteiger partial charge in [0, 0.05) is 0 Å². The predicted molar refractivity (Wildman–Crippen MR) is 31.9 cm³/mol. The number of aliphatic hydroxyl groups excluding tert-OH is 3. The zero-order valence-electron chi connectivity index (χ0n) is 5.34. The molecule has 0 spiro atoms. The molecule has 10 heavy (non-hydrogen) atoms. The maximum Gasteiger partial charge on any atom is 0.135 e. The summed E-state index contributed by atoms with van der Waals surface area (Å²) in [4.78, 5) is 0. The number of nitrogens with two attached hydrogens (primary N) is 1. The van der Waals surface area contributed by atoms with E-state index in [1.165, 1.54) is 0 Å². The molecule has 0 saturated carbocycles. The topological polar surface area (TPSA) is 95.9 Å². The Hall–Kier alpha value is -0.200. The van der Waals surface area contributed by atoms with Crippen LogP contribution in [0.1, 0.15) is 0 Å². The third-order valence-corrected chi connectivity index (χ3v) is 1.58. The minimum atomic E-state index is -1.09. The summed E-state index contributed by atoms with van der Waals surface area (Å²) in [5.74, 6) is 0. The summed E-state index contributed by atoms with van der Waals surface area (Å²) in [6.07, 6.45) is -3.78. The van der Waals surface area contributed by atoms with Gasteiger partial charge in [0.15, 0.2) is 0 Å². The standard InChI is InChI=1S/C5H11NO4/c6-5-4(9)3(8)2(1-7)10-5/h2-5,7-9H,1,6H2/t2-,3-,4-,5-/m1/s1. The zero-order valence-corrected chi connectivity index (χ0v) is 5.34. The van der Waals surface area contributed by atoms with Gasteiger partial charge in [-0.25, -0.2) is 0 Å². The Bertz CT molecular complexity index is 120. The lowest BCUT2D eigenvalue weighted by molar-refractivity contribution is -0.0200. The van der Waals surface area contributed by atoms with Gasteiger partial charge in [0.1, 0.15) is 24.5 Å². The highest BCUT2D eigenvalue weighted by Gasteiger charge is 2.39. The van der Waals surface area contributed by atoms with Gasteiger partial charge >= 0.3 is 0 Å². The van der Waals surface area contributed by atoms with Crippen molar-refractivity contribution < 1.29 is 20.1 Å². The van der Waals surface area contributed by atoms with Crippen molar-refractivity contribution in [2.45, 2.75) is 24.5 Å². The SMILES string of the molecule is N[C@@H]1O[C@H](CO)[C@@H](O)[C@H]1O. The van der Waals surface area contributed by atoms with Gasteiger partial charge in [0.2, 0.25) is 0 Å². The lowest BCUT2D eigenvalue weighted by atomic mass is 10.1. The third kappa shape index (κ3) is 1.14. The average Bonchev–Trinajstić information content (AvgIpc) is 2.17. The van der Waals surface area contributed by atoms with E-state index in [4.69, 9.17) is 25.8 Å². The van der Waals surface area contributed by atoms with E-state index >= 15 is 0 Å². The number of hydrogen-bond donors (Lipinski definition) is 4. The summed E-state index contributed by atoms with van der Waals surface area (Å²) in [7, 11) is 0. The van der Waals surface area contributed by atoms with Gasteiger partial charge in [-0.15, -0.1) is 0 Å². The molecule has 5 N–H and O–H groups in total. The Morgan fingerprint density at radius 2 is 1.90 bits per heavy atom. The largest absolute Gasteiger partial charge is 0.394 e. The molecule has 0 unspecified atom stereocenters. The number of hydrogen-bond acceptors (Lipinski definition) is 5. The predicted octanol–water partition coefficient (Wildman–Crippen LogP) is -2.62. The number of aliphatic hydroxyl groups is 3. The van der Waals surface area contributed by atoms with Gasteiger partial charge in [-0.05, 0) is 0 Å². The van der Waals surface area contributed by atoms with Crippen LogP contribution in [0.3, 0.4) is 0 Å². The molecule has 0 aromatic rings. The van der Waals surface area contributed by atoms with Crippen LogP contribution in [0.4, 0.5) is 0 Å². The van der Waals surface area contributed by atoms with Crippen molar-refractivity contribution in [2.75, 3.05) is 6.61 Å². The molecule has 1 aliphatic rings. The summed E-state index contributed by atoms with van der Waals surface area (Å²) < 4.78 is 4.76. The number of ether oxygens (including phenoxy) is 1. The molecule has 1 fully saturated rings. The molecule has 1 heterocycles. The second-order valence-corrected chi connectivity index (χ2v) is 2.30. The average molecular weight is 149 g/mol. The smallest absolute Gasteiger partial charge is 0.135 e. The van der Waals surface area contributed by atoms with E-state index in [0.29, 0.717) is 0 Å². The Balaban J connectivity index is 2.53. The molecule has 5 nitrogen and oxygen atoms in total. The van der Waals surface area contributed by atoms with Crippen molar-refractivity contribution in [2.24, 2.45) is 5.73 Å².